The quantitative estimate of drug-likeness (QED) is 0.254. The molecule has 0 fully saturated rings. The molecule has 32 heavy (non-hydrogen) atoms. The molecule has 4 aromatic rings. The Morgan fingerprint density at radius 3 is 2.44 bits per heavy atom. The van der Waals surface area contributed by atoms with E-state index in [1.54, 1.807) is 4.68 Å². The molecule has 166 valence electrons. The molecular weight excluding hydrogens is 433 g/mol. The largest absolute Gasteiger partial charge is 0.451 e. The van der Waals surface area contributed by atoms with E-state index in [2.05, 4.69) is 20.4 Å². The Morgan fingerprint density at radius 1 is 1.00 bits per heavy atom. The van der Waals surface area contributed by atoms with Crippen LogP contribution in [-0.2, 0) is 6.54 Å². The van der Waals surface area contributed by atoms with Crippen LogP contribution in [0.3, 0.4) is 0 Å². The van der Waals surface area contributed by atoms with Crippen LogP contribution in [0.15, 0.2) is 36.8 Å². The third kappa shape index (κ3) is 3.98. The molecule has 0 aliphatic carbocycles. The number of halogens is 5. The van der Waals surface area contributed by atoms with Crippen LogP contribution in [0.2, 0.25) is 0 Å². The molecule has 0 spiro atoms. The molecule has 6 nitrogen and oxygen atoms in total. The number of rotatable bonds is 7. The Labute approximate surface area is 178 Å². The first kappa shape index (κ1) is 21.6. The molecule has 0 amide bonds. The molecule has 0 atom stereocenters. The fourth-order valence-corrected chi connectivity index (χ4v) is 3.19. The van der Waals surface area contributed by atoms with Gasteiger partial charge in [0.05, 0.1) is 5.39 Å². The first-order chi connectivity index (χ1) is 15.4. The number of nitrogens with one attached hydrogen (secondary N) is 1. The average Bonchev–Trinajstić information content (AvgIpc) is 3.14. The molecule has 0 bridgehead atoms. The predicted octanol–water partition coefficient (Wildman–Crippen LogP) is 4.59. The fourth-order valence-electron chi connectivity index (χ4n) is 3.19. The van der Waals surface area contributed by atoms with Crippen molar-refractivity contribution < 1.29 is 26.7 Å². The first-order valence-corrected chi connectivity index (χ1v) is 9.52. The monoisotopic (exact) mass is 449 g/mol. The van der Waals surface area contributed by atoms with Crippen molar-refractivity contribution in [1.82, 2.24) is 25.1 Å². The molecule has 0 aliphatic heterocycles. The second kappa shape index (κ2) is 8.87. The lowest BCUT2D eigenvalue weighted by Gasteiger charge is -2.10. The van der Waals surface area contributed by atoms with Gasteiger partial charge in [0.25, 0.3) is 0 Å². The molecule has 0 aliphatic rings. The van der Waals surface area contributed by atoms with Crippen molar-refractivity contribution in [2.24, 2.45) is 0 Å². The standard InChI is InChI=1S/C21H16F5N5O/c1-27-5-2-6-31-21-13(9-28-10-29-21)19(30-31)12-4-3-11(7-14(12)22)32-20-17(25)15(23)8-16(24)18(20)26/h3-4,7-10,27H,2,5-6H2,1H3. The average molecular weight is 449 g/mol. The van der Waals surface area contributed by atoms with E-state index in [1.807, 2.05) is 7.05 Å². The van der Waals surface area contributed by atoms with Crippen LogP contribution < -0.4 is 10.1 Å². The lowest BCUT2D eigenvalue weighted by Crippen LogP contribution is -2.12. The number of aromatic nitrogens is 4. The third-order valence-electron chi connectivity index (χ3n) is 4.70. The van der Waals surface area contributed by atoms with Crippen LogP contribution >= 0.6 is 0 Å². The zero-order valence-corrected chi connectivity index (χ0v) is 16.7. The second-order valence-corrected chi connectivity index (χ2v) is 6.83. The van der Waals surface area contributed by atoms with Gasteiger partial charge in [-0.25, -0.2) is 27.8 Å². The zero-order valence-electron chi connectivity index (χ0n) is 16.7. The minimum atomic E-state index is -1.73. The second-order valence-electron chi connectivity index (χ2n) is 6.83. The van der Waals surface area contributed by atoms with E-state index in [4.69, 9.17) is 4.74 Å². The SMILES string of the molecule is CNCCCn1nc(-c2ccc(Oc3c(F)c(F)cc(F)c3F)cc2F)c2cncnc21. The van der Waals surface area contributed by atoms with Gasteiger partial charge in [0.2, 0.25) is 17.4 Å². The van der Waals surface area contributed by atoms with E-state index < -0.39 is 34.8 Å². The van der Waals surface area contributed by atoms with Crippen molar-refractivity contribution in [2.75, 3.05) is 13.6 Å². The van der Waals surface area contributed by atoms with E-state index in [0.717, 1.165) is 19.0 Å². The van der Waals surface area contributed by atoms with Gasteiger partial charge in [-0.1, -0.05) is 0 Å². The molecule has 11 heteroatoms. The molecule has 2 aromatic heterocycles. The van der Waals surface area contributed by atoms with E-state index >= 15 is 0 Å². The number of benzene rings is 2. The Morgan fingerprint density at radius 2 is 1.75 bits per heavy atom. The van der Waals surface area contributed by atoms with Gasteiger partial charge in [-0.05, 0) is 32.1 Å². The minimum Gasteiger partial charge on any atom is -0.451 e. The Kier molecular flexibility index (Phi) is 5.99. The molecule has 0 radical (unpaired) electrons. The Bertz CT molecular complexity index is 1270. The molecule has 4 rings (SSSR count). The van der Waals surface area contributed by atoms with E-state index in [-0.39, 0.29) is 23.1 Å². The summed E-state index contributed by atoms with van der Waals surface area (Å²) in [6.07, 6.45) is 3.62. The van der Waals surface area contributed by atoms with Crippen LogP contribution in [0.4, 0.5) is 22.0 Å². The van der Waals surface area contributed by atoms with Crippen molar-refractivity contribution in [1.29, 1.82) is 0 Å². The summed E-state index contributed by atoms with van der Waals surface area (Å²) in [6, 6.07) is 3.38. The van der Waals surface area contributed by atoms with Crippen molar-refractivity contribution in [3.05, 3.63) is 65.9 Å². The summed E-state index contributed by atoms with van der Waals surface area (Å²) in [6.45, 7) is 1.27. The molecule has 0 saturated heterocycles. The van der Waals surface area contributed by atoms with Gasteiger partial charge in [0.15, 0.2) is 17.3 Å². The highest BCUT2D eigenvalue weighted by molar-refractivity contribution is 5.90. The number of aryl methyl sites for hydroxylation is 1. The summed E-state index contributed by atoms with van der Waals surface area (Å²) < 4.78 is 75.9. The van der Waals surface area contributed by atoms with Gasteiger partial charge in [0, 0.05) is 30.4 Å². The number of fused-ring (bicyclic) bond motifs is 1. The van der Waals surface area contributed by atoms with E-state index in [9.17, 15) is 22.0 Å². The van der Waals surface area contributed by atoms with Gasteiger partial charge >= 0.3 is 0 Å². The van der Waals surface area contributed by atoms with Gasteiger partial charge in [0.1, 0.15) is 23.6 Å². The maximum Gasteiger partial charge on any atom is 0.204 e. The van der Waals surface area contributed by atoms with Crippen molar-refractivity contribution in [2.45, 2.75) is 13.0 Å². The summed E-state index contributed by atoms with van der Waals surface area (Å²) in [4.78, 5) is 8.18. The van der Waals surface area contributed by atoms with Gasteiger partial charge in [-0.3, -0.25) is 0 Å². The molecule has 0 unspecified atom stereocenters. The minimum absolute atomic E-state index is 0.0568. The van der Waals surface area contributed by atoms with E-state index in [1.165, 1.54) is 24.7 Å². The van der Waals surface area contributed by atoms with Crippen LogP contribution in [0, 0.1) is 29.1 Å². The topological polar surface area (TPSA) is 64.9 Å². The normalized spacial score (nSPS) is 11.3. The summed E-state index contributed by atoms with van der Waals surface area (Å²) >= 11 is 0. The van der Waals surface area contributed by atoms with Crippen LogP contribution in [0.25, 0.3) is 22.3 Å². The van der Waals surface area contributed by atoms with Crippen molar-refractivity contribution >= 4 is 11.0 Å². The van der Waals surface area contributed by atoms with Gasteiger partial charge in [-0.15, -0.1) is 0 Å². The molecule has 1 N–H and O–H groups in total. The smallest absolute Gasteiger partial charge is 0.204 e. The van der Waals surface area contributed by atoms with Crippen LogP contribution in [-0.4, -0.2) is 33.3 Å². The lowest BCUT2D eigenvalue weighted by molar-refractivity contribution is 0.365. The fraction of sp³-hybridized carbons (Fsp3) is 0.190. The highest BCUT2D eigenvalue weighted by atomic mass is 19.2. The molecule has 2 heterocycles. The summed E-state index contributed by atoms with van der Waals surface area (Å²) in [5, 5.41) is 7.98. The molecular formula is C21H16F5N5O. The number of hydrogen-bond donors (Lipinski definition) is 1. The maximum absolute atomic E-state index is 14.9. The third-order valence-corrected chi connectivity index (χ3v) is 4.70. The van der Waals surface area contributed by atoms with Crippen LogP contribution in [0.1, 0.15) is 6.42 Å². The Balaban J connectivity index is 1.70. The highest BCUT2D eigenvalue weighted by Gasteiger charge is 2.22. The number of hydrogen-bond acceptors (Lipinski definition) is 5. The lowest BCUT2D eigenvalue weighted by atomic mass is 10.1. The van der Waals surface area contributed by atoms with Crippen LogP contribution in [0.5, 0.6) is 11.5 Å². The van der Waals surface area contributed by atoms with Crippen molar-refractivity contribution in [3.8, 4) is 22.8 Å². The Hall–Kier alpha value is -3.60. The molecule has 0 saturated carbocycles. The van der Waals surface area contributed by atoms with Gasteiger partial charge in [-0.2, -0.15) is 13.9 Å². The number of ether oxygens (including phenoxy) is 1. The highest BCUT2D eigenvalue weighted by Crippen LogP contribution is 2.34. The van der Waals surface area contributed by atoms with E-state index in [0.29, 0.717) is 17.6 Å². The number of nitrogens with zero attached hydrogens (tertiary/aromatic N) is 4. The zero-order chi connectivity index (χ0) is 22.8. The predicted molar refractivity (Wildman–Crippen MR) is 106 cm³/mol. The van der Waals surface area contributed by atoms with Crippen molar-refractivity contribution in [3.63, 3.8) is 0 Å². The maximum atomic E-state index is 14.9. The summed E-state index contributed by atoms with van der Waals surface area (Å²) in [5.41, 5.74) is 0.851. The summed E-state index contributed by atoms with van der Waals surface area (Å²) in [7, 11) is 1.82. The summed E-state index contributed by atoms with van der Waals surface area (Å²) in [5.74, 6) is -9.21. The van der Waals surface area contributed by atoms with Gasteiger partial charge < -0.3 is 10.1 Å². The first-order valence-electron chi connectivity index (χ1n) is 9.52. The molecule has 2 aromatic carbocycles.